The number of carboxylic acids is 1. The van der Waals surface area contributed by atoms with Crippen molar-refractivity contribution in [2.75, 3.05) is 13.1 Å². The van der Waals surface area contributed by atoms with Crippen LogP contribution >= 0.6 is 0 Å². The van der Waals surface area contributed by atoms with Crippen molar-refractivity contribution in [1.82, 2.24) is 14.7 Å². The van der Waals surface area contributed by atoms with Crippen molar-refractivity contribution in [2.45, 2.75) is 46.5 Å². The number of carbonyl (C=O) groups excluding carboxylic acids is 1. The molecule has 6 nitrogen and oxygen atoms in total. The summed E-state index contributed by atoms with van der Waals surface area (Å²) in [6.45, 7) is 7.44. The molecule has 1 saturated carbocycles. The van der Waals surface area contributed by atoms with E-state index in [0.717, 1.165) is 35.7 Å². The van der Waals surface area contributed by atoms with Gasteiger partial charge in [0.05, 0.1) is 11.4 Å². The van der Waals surface area contributed by atoms with Gasteiger partial charge in [0, 0.05) is 30.8 Å². The van der Waals surface area contributed by atoms with Crippen molar-refractivity contribution in [3.05, 3.63) is 46.8 Å². The number of benzene rings is 1. The predicted molar refractivity (Wildman–Crippen MR) is 103 cm³/mol. The Kier molecular flexibility index (Phi) is 5.63. The summed E-state index contributed by atoms with van der Waals surface area (Å²) in [5, 5.41) is 13.5. The van der Waals surface area contributed by atoms with Gasteiger partial charge in [-0.05, 0) is 75.8 Å². The van der Waals surface area contributed by atoms with Crippen molar-refractivity contribution in [3.63, 3.8) is 0 Å². The monoisotopic (exact) mass is 369 g/mol. The van der Waals surface area contributed by atoms with Gasteiger partial charge in [-0.25, -0.2) is 4.68 Å². The summed E-state index contributed by atoms with van der Waals surface area (Å²) in [6.07, 6.45) is 3.01. The molecule has 1 amide bonds. The first-order valence-electron chi connectivity index (χ1n) is 9.57. The van der Waals surface area contributed by atoms with E-state index < -0.39 is 5.97 Å². The molecule has 1 aromatic carbocycles. The molecule has 6 heteroatoms. The standard InChI is InChI=1S/C21H27N3O3/c1-4-23(13-16-5-6-16)21(27)17-7-9-18(10-8-17)24-15(3)19(14(2)22-24)11-12-20(25)26/h7-10,16H,4-6,11-13H2,1-3H3,(H,25,26). The molecule has 27 heavy (non-hydrogen) atoms. The molecule has 3 rings (SSSR count). The second-order valence-electron chi connectivity index (χ2n) is 7.29. The van der Waals surface area contributed by atoms with Crippen molar-refractivity contribution in [1.29, 1.82) is 0 Å². The zero-order chi connectivity index (χ0) is 19.6. The average Bonchev–Trinajstić information content (AvgIpc) is 3.43. The normalized spacial score (nSPS) is 13.6. The predicted octanol–water partition coefficient (Wildman–Crippen LogP) is 3.38. The molecule has 1 heterocycles. The Hall–Kier alpha value is -2.63. The Labute approximate surface area is 159 Å². The quantitative estimate of drug-likeness (QED) is 0.774. The number of rotatable bonds is 8. The van der Waals surface area contributed by atoms with Crippen LogP contribution in [0.4, 0.5) is 0 Å². The molecule has 2 aromatic rings. The van der Waals surface area contributed by atoms with Crippen LogP contribution in [0.25, 0.3) is 5.69 Å². The third kappa shape index (κ3) is 4.38. The summed E-state index contributed by atoms with van der Waals surface area (Å²) >= 11 is 0. The van der Waals surface area contributed by atoms with Crippen LogP contribution in [0.15, 0.2) is 24.3 Å². The lowest BCUT2D eigenvalue weighted by atomic mass is 10.1. The van der Waals surface area contributed by atoms with E-state index in [1.165, 1.54) is 12.8 Å². The maximum Gasteiger partial charge on any atom is 0.303 e. The first kappa shape index (κ1) is 19.1. The van der Waals surface area contributed by atoms with E-state index in [2.05, 4.69) is 5.10 Å². The maximum absolute atomic E-state index is 12.7. The topological polar surface area (TPSA) is 75.4 Å². The molecule has 1 fully saturated rings. The summed E-state index contributed by atoms with van der Waals surface area (Å²) in [7, 11) is 0. The molecule has 1 aromatic heterocycles. The molecule has 0 aliphatic heterocycles. The molecular weight excluding hydrogens is 342 g/mol. The number of carbonyl (C=O) groups is 2. The molecule has 0 unspecified atom stereocenters. The van der Waals surface area contributed by atoms with Gasteiger partial charge in [-0.3, -0.25) is 9.59 Å². The summed E-state index contributed by atoms with van der Waals surface area (Å²) in [5.74, 6) is -0.0605. The molecule has 0 spiro atoms. The number of carboxylic acid groups (broad SMARTS) is 1. The van der Waals surface area contributed by atoms with E-state index in [1.807, 2.05) is 54.6 Å². The highest BCUT2D eigenvalue weighted by molar-refractivity contribution is 5.94. The van der Waals surface area contributed by atoms with Crippen LogP contribution in [0.3, 0.4) is 0 Å². The fourth-order valence-corrected chi connectivity index (χ4v) is 3.42. The molecule has 0 saturated heterocycles. The second-order valence-corrected chi connectivity index (χ2v) is 7.29. The van der Waals surface area contributed by atoms with Crippen molar-refractivity contribution >= 4 is 11.9 Å². The Balaban J connectivity index is 1.78. The number of aliphatic carboxylic acids is 1. The van der Waals surface area contributed by atoms with E-state index in [4.69, 9.17) is 5.11 Å². The van der Waals surface area contributed by atoms with Crippen molar-refractivity contribution in [3.8, 4) is 5.69 Å². The van der Waals surface area contributed by atoms with Crippen LogP contribution < -0.4 is 0 Å². The molecule has 0 bridgehead atoms. The number of hydrogen-bond acceptors (Lipinski definition) is 3. The molecule has 144 valence electrons. The van der Waals surface area contributed by atoms with E-state index >= 15 is 0 Å². The van der Waals surface area contributed by atoms with Gasteiger partial charge in [-0.1, -0.05) is 0 Å². The molecule has 1 aliphatic rings. The van der Waals surface area contributed by atoms with Gasteiger partial charge < -0.3 is 10.0 Å². The highest BCUT2D eigenvalue weighted by atomic mass is 16.4. The SMILES string of the molecule is CCN(CC1CC1)C(=O)c1ccc(-n2nc(C)c(CCC(=O)O)c2C)cc1. The first-order valence-corrected chi connectivity index (χ1v) is 9.57. The van der Waals surface area contributed by atoms with Gasteiger partial charge in [0.25, 0.3) is 5.91 Å². The van der Waals surface area contributed by atoms with Crippen molar-refractivity contribution < 1.29 is 14.7 Å². The van der Waals surface area contributed by atoms with Crippen LogP contribution in [0.1, 0.15) is 53.5 Å². The van der Waals surface area contributed by atoms with Gasteiger partial charge in [0.2, 0.25) is 0 Å². The first-order chi connectivity index (χ1) is 12.9. The fourth-order valence-electron chi connectivity index (χ4n) is 3.42. The van der Waals surface area contributed by atoms with Crippen molar-refractivity contribution in [2.24, 2.45) is 5.92 Å². The highest BCUT2D eigenvalue weighted by Gasteiger charge is 2.26. The van der Waals surface area contributed by atoms with E-state index in [1.54, 1.807) is 0 Å². The Morgan fingerprint density at radius 3 is 2.44 bits per heavy atom. The summed E-state index contributed by atoms with van der Waals surface area (Å²) < 4.78 is 1.82. The lowest BCUT2D eigenvalue weighted by Gasteiger charge is -2.20. The largest absolute Gasteiger partial charge is 0.481 e. The van der Waals surface area contributed by atoms with Crippen LogP contribution in [0.5, 0.6) is 0 Å². The van der Waals surface area contributed by atoms with Gasteiger partial charge in [0.15, 0.2) is 0 Å². The minimum absolute atomic E-state index is 0.0754. The van der Waals surface area contributed by atoms with E-state index in [9.17, 15) is 9.59 Å². The minimum atomic E-state index is -0.809. The van der Waals surface area contributed by atoms with Crippen LogP contribution in [0, 0.1) is 19.8 Å². The number of hydrogen-bond donors (Lipinski definition) is 1. The van der Waals surface area contributed by atoms with Crippen LogP contribution in [-0.4, -0.2) is 44.8 Å². The smallest absolute Gasteiger partial charge is 0.303 e. The third-order valence-corrected chi connectivity index (χ3v) is 5.23. The second kappa shape index (κ2) is 7.94. The average molecular weight is 369 g/mol. The molecule has 0 radical (unpaired) electrons. The van der Waals surface area contributed by atoms with E-state index in [-0.39, 0.29) is 12.3 Å². The maximum atomic E-state index is 12.7. The Morgan fingerprint density at radius 2 is 1.89 bits per heavy atom. The molecule has 1 aliphatic carbocycles. The zero-order valence-corrected chi connectivity index (χ0v) is 16.2. The van der Waals surface area contributed by atoms with Gasteiger partial charge in [-0.2, -0.15) is 5.10 Å². The highest BCUT2D eigenvalue weighted by Crippen LogP contribution is 2.30. The Morgan fingerprint density at radius 1 is 1.22 bits per heavy atom. The number of amides is 1. The molecule has 1 N–H and O–H groups in total. The summed E-state index contributed by atoms with van der Waals surface area (Å²) in [5.41, 5.74) is 4.32. The zero-order valence-electron chi connectivity index (χ0n) is 16.2. The van der Waals surface area contributed by atoms with Crippen LogP contribution in [-0.2, 0) is 11.2 Å². The minimum Gasteiger partial charge on any atom is -0.481 e. The van der Waals surface area contributed by atoms with E-state index in [0.29, 0.717) is 17.9 Å². The molecular formula is C21H27N3O3. The number of aryl methyl sites for hydroxylation is 1. The lowest BCUT2D eigenvalue weighted by molar-refractivity contribution is -0.136. The number of aromatic nitrogens is 2. The van der Waals surface area contributed by atoms with Gasteiger partial charge in [-0.15, -0.1) is 0 Å². The molecule has 0 atom stereocenters. The summed E-state index contributed by atoms with van der Waals surface area (Å²) in [4.78, 5) is 25.5. The lowest BCUT2D eigenvalue weighted by Crippen LogP contribution is -2.32. The van der Waals surface area contributed by atoms with Crippen LogP contribution in [0.2, 0.25) is 0 Å². The van der Waals surface area contributed by atoms with Gasteiger partial charge >= 0.3 is 5.97 Å². The third-order valence-electron chi connectivity index (χ3n) is 5.23. The van der Waals surface area contributed by atoms with Gasteiger partial charge in [0.1, 0.15) is 0 Å². The summed E-state index contributed by atoms with van der Waals surface area (Å²) in [6, 6.07) is 7.50. The Bertz CT molecular complexity index is 835. The fraction of sp³-hybridized carbons (Fsp3) is 0.476. The number of nitrogens with zero attached hydrogens (tertiary/aromatic N) is 3.